The van der Waals surface area contributed by atoms with Gasteiger partial charge in [-0.2, -0.15) is 0 Å². The summed E-state index contributed by atoms with van der Waals surface area (Å²) in [6, 6.07) is 8.81. The van der Waals surface area contributed by atoms with Crippen LogP contribution in [0.1, 0.15) is 44.2 Å². The fourth-order valence-corrected chi connectivity index (χ4v) is 5.35. The van der Waals surface area contributed by atoms with Crippen molar-refractivity contribution in [1.82, 2.24) is 10.2 Å². The van der Waals surface area contributed by atoms with Gasteiger partial charge < -0.3 is 10.2 Å². The van der Waals surface area contributed by atoms with Crippen molar-refractivity contribution in [3.63, 3.8) is 0 Å². The quantitative estimate of drug-likeness (QED) is 0.341. The van der Waals surface area contributed by atoms with Crippen molar-refractivity contribution in [2.24, 2.45) is 0 Å². The molecule has 198 valence electrons. The minimum atomic E-state index is -3.84. The van der Waals surface area contributed by atoms with Gasteiger partial charge in [-0.15, -0.1) is 0 Å². The molecule has 0 saturated carbocycles. The summed E-state index contributed by atoms with van der Waals surface area (Å²) in [6.07, 6.45) is 3.07. The van der Waals surface area contributed by atoms with Crippen LogP contribution in [-0.2, 0) is 26.2 Å². The number of nitrogens with one attached hydrogen (secondary N) is 1. The maximum absolute atomic E-state index is 13.7. The fourth-order valence-electron chi connectivity index (χ4n) is 3.75. The van der Waals surface area contributed by atoms with E-state index in [0.717, 1.165) is 23.4 Å². The summed E-state index contributed by atoms with van der Waals surface area (Å²) in [7, 11) is -3.84. The number of carbonyl (C=O) groups is 2. The lowest BCUT2D eigenvalue weighted by Gasteiger charge is -2.33. The molecule has 1 N–H and O–H groups in total. The molecule has 0 spiro atoms. The number of hydrogen-bond donors (Lipinski definition) is 1. The lowest BCUT2D eigenvalue weighted by Crippen LogP contribution is -2.52. The van der Waals surface area contributed by atoms with Crippen molar-refractivity contribution in [2.45, 2.75) is 52.6 Å². The number of aryl methyl sites for hydroxylation is 1. The molecule has 2 aromatic rings. The summed E-state index contributed by atoms with van der Waals surface area (Å²) < 4.78 is 26.5. The SMILES string of the molecule is CCCCNC(=O)C(CC)N(Cc1ccc(Cl)cc1Cl)C(=O)CN(c1ccc(Cl)cc1C)S(C)(=O)=O. The number of halogens is 3. The van der Waals surface area contributed by atoms with Gasteiger partial charge in [0.1, 0.15) is 12.6 Å². The number of nitrogens with zero attached hydrogens (tertiary/aromatic N) is 2. The molecule has 36 heavy (non-hydrogen) atoms. The number of unbranched alkanes of at least 4 members (excludes halogenated alkanes) is 1. The Morgan fingerprint density at radius 2 is 1.67 bits per heavy atom. The van der Waals surface area contributed by atoms with Crippen LogP contribution in [-0.4, -0.2) is 50.5 Å². The standard InChI is InChI=1S/C25H32Cl3N3O4S/c1-5-7-12-29-25(33)22(6-2)30(15-18-8-9-20(27)14-21(18)28)24(32)16-31(36(4,34)35)23-11-10-19(26)13-17(23)3/h8-11,13-14,22H,5-7,12,15-16H2,1-4H3,(H,29,33). The zero-order valence-electron chi connectivity index (χ0n) is 20.9. The number of sulfonamides is 1. The third-order valence-electron chi connectivity index (χ3n) is 5.68. The van der Waals surface area contributed by atoms with E-state index in [0.29, 0.717) is 44.8 Å². The van der Waals surface area contributed by atoms with E-state index < -0.39 is 28.5 Å². The second kappa shape index (κ2) is 13.5. The van der Waals surface area contributed by atoms with Crippen molar-refractivity contribution in [3.8, 4) is 0 Å². The summed E-state index contributed by atoms with van der Waals surface area (Å²) in [6.45, 7) is 5.52. The van der Waals surface area contributed by atoms with Gasteiger partial charge in [0, 0.05) is 28.2 Å². The molecular weight excluding hydrogens is 545 g/mol. The number of anilines is 1. The Labute approximate surface area is 228 Å². The van der Waals surface area contributed by atoms with E-state index >= 15 is 0 Å². The van der Waals surface area contributed by atoms with Gasteiger partial charge in [0.25, 0.3) is 0 Å². The molecule has 11 heteroatoms. The maximum atomic E-state index is 13.7. The van der Waals surface area contributed by atoms with Crippen LogP contribution in [0.2, 0.25) is 15.1 Å². The summed E-state index contributed by atoms with van der Waals surface area (Å²) in [4.78, 5) is 28.2. The molecule has 2 amide bonds. The normalized spacial score (nSPS) is 12.2. The Morgan fingerprint density at radius 1 is 1.03 bits per heavy atom. The molecule has 0 saturated heterocycles. The van der Waals surface area contributed by atoms with Gasteiger partial charge in [-0.1, -0.05) is 61.1 Å². The monoisotopic (exact) mass is 575 g/mol. The highest BCUT2D eigenvalue weighted by molar-refractivity contribution is 7.92. The first-order valence-corrected chi connectivity index (χ1v) is 14.6. The first kappa shape index (κ1) is 30.2. The van der Waals surface area contributed by atoms with E-state index in [2.05, 4.69) is 5.32 Å². The molecule has 2 rings (SSSR count). The van der Waals surface area contributed by atoms with E-state index in [4.69, 9.17) is 34.8 Å². The third kappa shape index (κ3) is 8.26. The van der Waals surface area contributed by atoms with Crippen LogP contribution in [0.15, 0.2) is 36.4 Å². The van der Waals surface area contributed by atoms with Gasteiger partial charge in [0.05, 0.1) is 11.9 Å². The third-order valence-corrected chi connectivity index (χ3v) is 7.63. The van der Waals surface area contributed by atoms with E-state index in [1.54, 1.807) is 50.2 Å². The number of carbonyl (C=O) groups excluding carboxylic acids is 2. The molecular formula is C25H32Cl3N3O4S. The van der Waals surface area contributed by atoms with Gasteiger partial charge >= 0.3 is 0 Å². The predicted molar refractivity (Wildman–Crippen MR) is 147 cm³/mol. The van der Waals surface area contributed by atoms with Crippen LogP contribution in [0.4, 0.5) is 5.69 Å². The molecule has 0 aliphatic carbocycles. The average molecular weight is 577 g/mol. The second-order valence-electron chi connectivity index (χ2n) is 8.53. The number of benzene rings is 2. The Morgan fingerprint density at radius 3 is 2.22 bits per heavy atom. The predicted octanol–water partition coefficient (Wildman–Crippen LogP) is 5.44. The molecule has 0 aliphatic heterocycles. The van der Waals surface area contributed by atoms with Crippen molar-refractivity contribution >= 4 is 62.3 Å². The molecule has 0 aromatic heterocycles. The molecule has 1 unspecified atom stereocenters. The molecule has 0 fully saturated rings. The van der Waals surface area contributed by atoms with Gasteiger partial charge in [-0.25, -0.2) is 8.42 Å². The molecule has 2 aromatic carbocycles. The Balaban J connectivity index is 2.47. The van der Waals surface area contributed by atoms with E-state index in [-0.39, 0.29) is 12.5 Å². The highest BCUT2D eigenvalue weighted by atomic mass is 35.5. The van der Waals surface area contributed by atoms with Gasteiger partial charge in [-0.05, 0) is 61.2 Å². The van der Waals surface area contributed by atoms with Crippen molar-refractivity contribution in [1.29, 1.82) is 0 Å². The molecule has 0 heterocycles. The van der Waals surface area contributed by atoms with Crippen molar-refractivity contribution in [2.75, 3.05) is 23.7 Å². The van der Waals surface area contributed by atoms with Gasteiger partial charge in [0.2, 0.25) is 21.8 Å². The van der Waals surface area contributed by atoms with Crippen LogP contribution in [0, 0.1) is 6.92 Å². The van der Waals surface area contributed by atoms with E-state index in [9.17, 15) is 18.0 Å². The van der Waals surface area contributed by atoms with Crippen molar-refractivity contribution < 1.29 is 18.0 Å². The number of amides is 2. The summed E-state index contributed by atoms with van der Waals surface area (Å²) in [5.41, 5.74) is 1.51. The Bertz CT molecular complexity index is 1190. The Hall–Kier alpha value is -2.00. The smallest absolute Gasteiger partial charge is 0.244 e. The largest absolute Gasteiger partial charge is 0.354 e. The van der Waals surface area contributed by atoms with Crippen LogP contribution >= 0.6 is 34.8 Å². The van der Waals surface area contributed by atoms with Gasteiger partial charge in [0.15, 0.2) is 0 Å². The first-order valence-electron chi connectivity index (χ1n) is 11.6. The number of rotatable bonds is 12. The first-order chi connectivity index (χ1) is 16.9. The zero-order valence-corrected chi connectivity index (χ0v) is 23.9. The Kier molecular flexibility index (Phi) is 11.3. The lowest BCUT2D eigenvalue weighted by atomic mass is 10.1. The minimum Gasteiger partial charge on any atom is -0.354 e. The van der Waals surface area contributed by atoms with Crippen LogP contribution < -0.4 is 9.62 Å². The minimum absolute atomic E-state index is 0.00570. The molecule has 0 aliphatic rings. The lowest BCUT2D eigenvalue weighted by molar-refractivity contribution is -0.140. The van der Waals surface area contributed by atoms with Crippen LogP contribution in [0.3, 0.4) is 0 Å². The summed E-state index contributed by atoms with van der Waals surface area (Å²) >= 11 is 18.5. The van der Waals surface area contributed by atoms with Crippen LogP contribution in [0.25, 0.3) is 0 Å². The second-order valence-corrected chi connectivity index (χ2v) is 11.7. The molecule has 1 atom stereocenters. The summed E-state index contributed by atoms with van der Waals surface area (Å²) in [5, 5.41) is 4.11. The molecule has 7 nitrogen and oxygen atoms in total. The number of hydrogen-bond acceptors (Lipinski definition) is 4. The molecule has 0 bridgehead atoms. The maximum Gasteiger partial charge on any atom is 0.244 e. The fraction of sp³-hybridized carbons (Fsp3) is 0.440. The zero-order chi connectivity index (χ0) is 27.0. The van der Waals surface area contributed by atoms with Crippen LogP contribution in [0.5, 0.6) is 0 Å². The van der Waals surface area contributed by atoms with Gasteiger partial charge in [-0.3, -0.25) is 13.9 Å². The summed E-state index contributed by atoms with van der Waals surface area (Å²) in [5.74, 6) is -0.851. The van der Waals surface area contributed by atoms with Crippen molar-refractivity contribution in [3.05, 3.63) is 62.6 Å². The average Bonchev–Trinajstić information content (AvgIpc) is 2.78. The highest BCUT2D eigenvalue weighted by Crippen LogP contribution is 2.27. The molecule has 0 radical (unpaired) electrons. The highest BCUT2D eigenvalue weighted by Gasteiger charge is 2.32. The topological polar surface area (TPSA) is 86.8 Å². The van der Waals surface area contributed by atoms with E-state index in [1.807, 2.05) is 6.92 Å². The van der Waals surface area contributed by atoms with E-state index in [1.165, 1.54) is 4.90 Å².